The summed E-state index contributed by atoms with van der Waals surface area (Å²) in [5.74, 6) is 0. The summed E-state index contributed by atoms with van der Waals surface area (Å²) in [5.41, 5.74) is 3.20. The Morgan fingerprint density at radius 1 is 1.62 bits per heavy atom. The van der Waals surface area contributed by atoms with Gasteiger partial charge in [-0.15, -0.1) is 0 Å². The maximum absolute atomic E-state index is 3.20. The summed E-state index contributed by atoms with van der Waals surface area (Å²) in [5, 5.41) is 2.25. The summed E-state index contributed by atoms with van der Waals surface area (Å²) in [7, 11) is 0. The molecule has 1 heterocycles. The van der Waals surface area contributed by atoms with Crippen LogP contribution in [0, 0.1) is 0 Å². The second-order valence-electron chi connectivity index (χ2n) is 2.35. The molecule has 2 atom stereocenters. The number of unbranched alkanes of at least 4 members (excludes halogenated alkanes) is 1. The lowest BCUT2D eigenvalue weighted by molar-refractivity contribution is 0.469. The van der Waals surface area contributed by atoms with Crippen LogP contribution < -0.4 is 5.43 Å². The topological polar surface area (TPSA) is 25.0 Å². The van der Waals surface area contributed by atoms with Gasteiger partial charge in [0, 0.05) is 6.54 Å². The van der Waals surface area contributed by atoms with Crippen molar-refractivity contribution in [1.29, 1.82) is 0 Å². The molecule has 0 aromatic heterocycles. The summed E-state index contributed by atoms with van der Waals surface area (Å²) in [6.45, 7) is 5.61. The number of nitrogens with zero attached hydrogens (tertiary/aromatic N) is 1. The highest BCUT2D eigenvalue weighted by Gasteiger charge is 2.26. The summed E-state index contributed by atoms with van der Waals surface area (Å²) >= 11 is 0. The number of nitrogens with one attached hydrogen (secondary N) is 1. The van der Waals surface area contributed by atoms with Gasteiger partial charge in [-0.05, 0) is 13.3 Å². The molecule has 0 aromatic carbocycles. The average Bonchev–Trinajstić information content (AvgIpc) is 2.42. The van der Waals surface area contributed by atoms with Crippen molar-refractivity contribution in [3.63, 3.8) is 0 Å². The normalized spacial score (nSPS) is 35.2. The molecule has 2 heteroatoms. The Kier molecular flexibility index (Phi) is 1.86. The highest BCUT2D eigenvalue weighted by Crippen LogP contribution is 2.07. The fourth-order valence-corrected chi connectivity index (χ4v) is 0.793. The molecule has 2 unspecified atom stereocenters. The van der Waals surface area contributed by atoms with E-state index in [2.05, 4.69) is 24.3 Å². The Labute approximate surface area is 50.8 Å². The van der Waals surface area contributed by atoms with Gasteiger partial charge in [-0.25, -0.2) is 10.4 Å². The van der Waals surface area contributed by atoms with E-state index in [1.165, 1.54) is 19.4 Å². The minimum absolute atomic E-state index is 0.654. The number of hydrogen-bond acceptors (Lipinski definition) is 2. The van der Waals surface area contributed by atoms with Crippen molar-refractivity contribution >= 4 is 0 Å². The van der Waals surface area contributed by atoms with E-state index in [1.807, 2.05) is 0 Å². The third-order valence-corrected chi connectivity index (χ3v) is 1.51. The van der Waals surface area contributed by atoms with Crippen molar-refractivity contribution < 1.29 is 0 Å². The molecule has 1 fully saturated rings. The van der Waals surface area contributed by atoms with E-state index in [1.54, 1.807) is 0 Å². The van der Waals surface area contributed by atoms with Gasteiger partial charge in [0.05, 0.1) is 6.17 Å². The van der Waals surface area contributed by atoms with Gasteiger partial charge in [-0.2, -0.15) is 0 Å². The van der Waals surface area contributed by atoms with Gasteiger partial charge in [-0.1, -0.05) is 13.3 Å². The Hall–Kier alpha value is -0.0800. The molecule has 0 aromatic rings. The third kappa shape index (κ3) is 1.46. The maximum Gasteiger partial charge on any atom is 0.0835 e. The first-order valence-electron chi connectivity index (χ1n) is 3.37. The van der Waals surface area contributed by atoms with Crippen LogP contribution in [0.3, 0.4) is 0 Å². The van der Waals surface area contributed by atoms with Gasteiger partial charge in [-0.3, -0.25) is 0 Å². The van der Waals surface area contributed by atoms with Gasteiger partial charge >= 0.3 is 0 Å². The van der Waals surface area contributed by atoms with Crippen LogP contribution in [0.5, 0.6) is 0 Å². The summed E-state index contributed by atoms with van der Waals surface area (Å²) in [6.07, 6.45) is 3.27. The Morgan fingerprint density at radius 3 is 2.62 bits per heavy atom. The zero-order valence-electron chi connectivity index (χ0n) is 5.65. The first-order valence-corrected chi connectivity index (χ1v) is 3.37. The van der Waals surface area contributed by atoms with E-state index in [0.29, 0.717) is 6.17 Å². The minimum atomic E-state index is 0.654. The third-order valence-electron chi connectivity index (χ3n) is 1.51. The van der Waals surface area contributed by atoms with Crippen molar-refractivity contribution in [2.75, 3.05) is 6.54 Å². The first kappa shape index (κ1) is 6.05. The fourth-order valence-electron chi connectivity index (χ4n) is 0.793. The zero-order valence-corrected chi connectivity index (χ0v) is 5.65. The number of hydrogen-bond donors (Lipinski definition) is 1. The van der Waals surface area contributed by atoms with Crippen LogP contribution in [-0.4, -0.2) is 17.7 Å². The molecule has 2 nitrogen and oxygen atoms in total. The Bertz CT molecular complexity index is 72.9. The second-order valence-corrected chi connectivity index (χ2v) is 2.35. The monoisotopic (exact) mass is 114 g/mol. The SMILES string of the molecule is CCCCN1NC1C. The fraction of sp³-hybridized carbons (Fsp3) is 1.00. The van der Waals surface area contributed by atoms with Gasteiger partial charge in [0.25, 0.3) is 0 Å². The van der Waals surface area contributed by atoms with Crippen molar-refractivity contribution in [3.05, 3.63) is 0 Å². The van der Waals surface area contributed by atoms with E-state index >= 15 is 0 Å². The van der Waals surface area contributed by atoms with Gasteiger partial charge in [0.1, 0.15) is 0 Å². The molecule has 0 spiro atoms. The summed E-state index contributed by atoms with van der Waals surface area (Å²) in [4.78, 5) is 0. The molecule has 0 bridgehead atoms. The lowest BCUT2D eigenvalue weighted by Crippen LogP contribution is -2.02. The van der Waals surface area contributed by atoms with Crippen LogP contribution in [0.4, 0.5) is 0 Å². The first-order chi connectivity index (χ1) is 3.84. The van der Waals surface area contributed by atoms with Gasteiger partial charge in [0.2, 0.25) is 0 Å². The molecule has 48 valence electrons. The summed E-state index contributed by atoms with van der Waals surface area (Å²) in [6, 6.07) is 0. The standard InChI is InChI=1S/C6H14N2/c1-3-4-5-8-6(2)7-8/h6-7H,3-5H2,1-2H3. The van der Waals surface area contributed by atoms with Gasteiger partial charge < -0.3 is 0 Å². The predicted octanol–water partition coefficient (Wildman–Crippen LogP) is 0.953. The van der Waals surface area contributed by atoms with E-state index in [0.717, 1.165) is 0 Å². The van der Waals surface area contributed by atoms with Crippen LogP contribution in [0.1, 0.15) is 26.7 Å². The highest BCUT2D eigenvalue weighted by molar-refractivity contribution is 4.71. The van der Waals surface area contributed by atoms with Crippen LogP contribution in [-0.2, 0) is 0 Å². The second kappa shape index (κ2) is 2.46. The molecule has 0 saturated carbocycles. The predicted molar refractivity (Wildman–Crippen MR) is 34.2 cm³/mol. The van der Waals surface area contributed by atoms with Crippen LogP contribution >= 0.6 is 0 Å². The van der Waals surface area contributed by atoms with Crippen LogP contribution in [0.2, 0.25) is 0 Å². The molecule has 8 heavy (non-hydrogen) atoms. The molecule has 1 N–H and O–H groups in total. The smallest absolute Gasteiger partial charge is 0.0835 e. The molecule has 0 radical (unpaired) electrons. The van der Waals surface area contributed by atoms with Gasteiger partial charge in [0.15, 0.2) is 0 Å². The van der Waals surface area contributed by atoms with Crippen molar-refractivity contribution in [2.45, 2.75) is 32.9 Å². The molecule has 1 saturated heterocycles. The molecular formula is C6H14N2. The van der Waals surface area contributed by atoms with E-state index in [9.17, 15) is 0 Å². The molecule has 1 aliphatic heterocycles. The Balaban J connectivity index is 1.89. The van der Waals surface area contributed by atoms with E-state index in [4.69, 9.17) is 0 Å². The molecule has 0 amide bonds. The lowest BCUT2D eigenvalue weighted by Gasteiger charge is -1.93. The lowest BCUT2D eigenvalue weighted by atomic mass is 10.3. The van der Waals surface area contributed by atoms with E-state index in [-0.39, 0.29) is 0 Å². The quantitative estimate of drug-likeness (QED) is 0.553. The minimum Gasteiger partial charge on any atom is -0.235 e. The molecular weight excluding hydrogens is 100 g/mol. The van der Waals surface area contributed by atoms with Crippen molar-refractivity contribution in [1.82, 2.24) is 10.4 Å². The molecule has 1 aliphatic rings. The highest BCUT2D eigenvalue weighted by atomic mass is 15.7. The number of rotatable bonds is 3. The van der Waals surface area contributed by atoms with Crippen molar-refractivity contribution in [2.24, 2.45) is 0 Å². The molecule has 0 aliphatic carbocycles. The van der Waals surface area contributed by atoms with Crippen LogP contribution in [0.25, 0.3) is 0 Å². The largest absolute Gasteiger partial charge is 0.235 e. The summed E-state index contributed by atoms with van der Waals surface area (Å²) < 4.78 is 0. The Morgan fingerprint density at radius 2 is 2.25 bits per heavy atom. The average molecular weight is 114 g/mol. The number of hydrazine groups is 1. The van der Waals surface area contributed by atoms with E-state index < -0.39 is 0 Å². The van der Waals surface area contributed by atoms with Crippen molar-refractivity contribution in [3.8, 4) is 0 Å². The zero-order chi connectivity index (χ0) is 5.98. The van der Waals surface area contributed by atoms with Crippen LogP contribution in [0.15, 0.2) is 0 Å². The molecule has 1 rings (SSSR count). The maximum atomic E-state index is 3.20.